The lowest BCUT2D eigenvalue weighted by Crippen LogP contribution is -2.54. The second kappa shape index (κ2) is 5.28. The molecular formula is C12H27N3. The van der Waals surface area contributed by atoms with Crippen LogP contribution in [-0.4, -0.2) is 54.1 Å². The lowest BCUT2D eigenvalue weighted by atomic mass is 10.1. The third-order valence-electron chi connectivity index (χ3n) is 3.25. The van der Waals surface area contributed by atoms with Gasteiger partial charge in [-0.2, -0.15) is 0 Å². The second-order valence-corrected chi connectivity index (χ2v) is 5.56. The van der Waals surface area contributed by atoms with Gasteiger partial charge in [0.2, 0.25) is 0 Å². The molecule has 2 N–H and O–H groups in total. The molecule has 0 radical (unpaired) electrons. The fourth-order valence-electron chi connectivity index (χ4n) is 2.20. The van der Waals surface area contributed by atoms with Crippen LogP contribution in [0.4, 0.5) is 0 Å². The Balaban J connectivity index is 2.30. The van der Waals surface area contributed by atoms with Crippen molar-refractivity contribution in [3.05, 3.63) is 0 Å². The smallest absolute Gasteiger partial charge is 0.0226 e. The summed E-state index contributed by atoms with van der Waals surface area (Å²) in [6.07, 6.45) is 1.25. The minimum Gasteiger partial charge on any atom is -0.324 e. The highest BCUT2D eigenvalue weighted by Gasteiger charge is 2.23. The van der Waals surface area contributed by atoms with Crippen LogP contribution in [0.15, 0.2) is 0 Å². The van der Waals surface area contributed by atoms with E-state index < -0.39 is 0 Å². The van der Waals surface area contributed by atoms with Gasteiger partial charge in [0, 0.05) is 44.3 Å². The van der Waals surface area contributed by atoms with Crippen molar-refractivity contribution in [2.75, 3.05) is 32.7 Å². The number of nitrogens with zero attached hydrogens (tertiary/aromatic N) is 2. The summed E-state index contributed by atoms with van der Waals surface area (Å²) >= 11 is 0. The standard InChI is InChI=1S/C12H27N3/c1-5-11(2)15-8-6-14(7-9-15)10-12(3,4)13/h11H,5-10,13H2,1-4H3. The normalized spacial score (nSPS) is 23.0. The molecule has 0 amide bonds. The van der Waals surface area contributed by atoms with Crippen LogP contribution >= 0.6 is 0 Å². The van der Waals surface area contributed by atoms with Crippen molar-refractivity contribution in [3.8, 4) is 0 Å². The molecule has 3 heteroatoms. The van der Waals surface area contributed by atoms with E-state index in [0.717, 1.165) is 12.6 Å². The van der Waals surface area contributed by atoms with Gasteiger partial charge < -0.3 is 5.73 Å². The second-order valence-electron chi connectivity index (χ2n) is 5.56. The summed E-state index contributed by atoms with van der Waals surface area (Å²) in [5.41, 5.74) is 5.97. The van der Waals surface area contributed by atoms with Crippen molar-refractivity contribution < 1.29 is 0 Å². The molecule has 1 aliphatic rings. The molecule has 0 aromatic carbocycles. The predicted molar refractivity (Wildman–Crippen MR) is 66.0 cm³/mol. The topological polar surface area (TPSA) is 32.5 Å². The Kier molecular flexibility index (Phi) is 4.56. The highest BCUT2D eigenvalue weighted by molar-refractivity contribution is 4.82. The molecule has 0 bridgehead atoms. The SMILES string of the molecule is CCC(C)N1CCN(CC(C)(C)N)CC1. The molecule has 1 aliphatic heterocycles. The van der Waals surface area contributed by atoms with E-state index in [1.54, 1.807) is 0 Å². The number of rotatable bonds is 4. The van der Waals surface area contributed by atoms with Crippen LogP contribution in [0.3, 0.4) is 0 Å². The van der Waals surface area contributed by atoms with Gasteiger partial charge in [0.1, 0.15) is 0 Å². The summed E-state index contributed by atoms with van der Waals surface area (Å²) in [4.78, 5) is 5.07. The van der Waals surface area contributed by atoms with E-state index in [9.17, 15) is 0 Å². The van der Waals surface area contributed by atoms with E-state index in [1.807, 2.05) is 0 Å². The van der Waals surface area contributed by atoms with E-state index in [4.69, 9.17) is 5.73 Å². The van der Waals surface area contributed by atoms with E-state index >= 15 is 0 Å². The van der Waals surface area contributed by atoms with Gasteiger partial charge in [0.25, 0.3) is 0 Å². The summed E-state index contributed by atoms with van der Waals surface area (Å²) < 4.78 is 0. The fourth-order valence-corrected chi connectivity index (χ4v) is 2.20. The van der Waals surface area contributed by atoms with Gasteiger partial charge in [-0.1, -0.05) is 6.92 Å². The molecule has 0 spiro atoms. The third kappa shape index (κ3) is 4.49. The molecule has 0 saturated carbocycles. The Labute approximate surface area is 94.6 Å². The fraction of sp³-hybridized carbons (Fsp3) is 1.00. The van der Waals surface area contributed by atoms with Crippen LogP contribution in [0.5, 0.6) is 0 Å². The highest BCUT2D eigenvalue weighted by Crippen LogP contribution is 2.10. The van der Waals surface area contributed by atoms with Gasteiger partial charge in [0.05, 0.1) is 0 Å². The molecule has 0 aromatic rings. The number of piperazine rings is 1. The lowest BCUT2D eigenvalue weighted by molar-refractivity contribution is 0.0892. The Hall–Kier alpha value is -0.120. The van der Waals surface area contributed by atoms with E-state index in [1.165, 1.54) is 32.6 Å². The van der Waals surface area contributed by atoms with Crippen LogP contribution in [0, 0.1) is 0 Å². The molecule has 0 aromatic heterocycles. The summed E-state index contributed by atoms with van der Waals surface area (Å²) in [6.45, 7) is 14.6. The summed E-state index contributed by atoms with van der Waals surface area (Å²) in [5, 5.41) is 0. The molecule has 1 heterocycles. The summed E-state index contributed by atoms with van der Waals surface area (Å²) in [5.74, 6) is 0. The first-order valence-electron chi connectivity index (χ1n) is 6.17. The first-order chi connectivity index (χ1) is 6.92. The Bertz CT molecular complexity index is 178. The maximum absolute atomic E-state index is 6.03. The lowest BCUT2D eigenvalue weighted by Gasteiger charge is -2.40. The first-order valence-corrected chi connectivity index (χ1v) is 6.17. The molecule has 90 valence electrons. The van der Waals surface area contributed by atoms with Crippen molar-refractivity contribution in [3.63, 3.8) is 0 Å². The van der Waals surface area contributed by atoms with Crippen molar-refractivity contribution in [1.82, 2.24) is 9.80 Å². The third-order valence-corrected chi connectivity index (χ3v) is 3.25. The average molecular weight is 213 g/mol. The molecule has 1 fully saturated rings. The number of hydrogen-bond acceptors (Lipinski definition) is 3. The molecule has 1 rings (SSSR count). The first kappa shape index (κ1) is 12.9. The molecule has 0 aliphatic carbocycles. The van der Waals surface area contributed by atoms with Gasteiger partial charge in [-0.25, -0.2) is 0 Å². The van der Waals surface area contributed by atoms with Crippen molar-refractivity contribution in [2.24, 2.45) is 5.73 Å². The zero-order chi connectivity index (χ0) is 11.5. The van der Waals surface area contributed by atoms with Gasteiger partial charge in [-0.3, -0.25) is 9.80 Å². The number of hydrogen-bond donors (Lipinski definition) is 1. The Morgan fingerprint density at radius 3 is 2.13 bits per heavy atom. The Morgan fingerprint density at radius 1 is 1.20 bits per heavy atom. The monoisotopic (exact) mass is 213 g/mol. The van der Waals surface area contributed by atoms with Gasteiger partial charge in [0.15, 0.2) is 0 Å². The van der Waals surface area contributed by atoms with Crippen LogP contribution in [0.2, 0.25) is 0 Å². The van der Waals surface area contributed by atoms with Crippen LogP contribution in [-0.2, 0) is 0 Å². The maximum Gasteiger partial charge on any atom is 0.0226 e. The summed E-state index contributed by atoms with van der Waals surface area (Å²) in [7, 11) is 0. The number of nitrogens with two attached hydrogens (primary N) is 1. The highest BCUT2D eigenvalue weighted by atomic mass is 15.3. The molecule has 1 unspecified atom stereocenters. The van der Waals surface area contributed by atoms with Crippen molar-refractivity contribution in [1.29, 1.82) is 0 Å². The maximum atomic E-state index is 6.03. The van der Waals surface area contributed by atoms with Gasteiger partial charge >= 0.3 is 0 Å². The zero-order valence-corrected chi connectivity index (χ0v) is 10.8. The van der Waals surface area contributed by atoms with Crippen LogP contribution in [0.1, 0.15) is 34.1 Å². The van der Waals surface area contributed by atoms with E-state index in [2.05, 4.69) is 37.5 Å². The zero-order valence-electron chi connectivity index (χ0n) is 10.8. The summed E-state index contributed by atoms with van der Waals surface area (Å²) in [6, 6.07) is 0.734. The van der Waals surface area contributed by atoms with E-state index in [0.29, 0.717) is 0 Å². The van der Waals surface area contributed by atoms with Gasteiger partial charge in [-0.15, -0.1) is 0 Å². The largest absolute Gasteiger partial charge is 0.324 e. The minimum absolute atomic E-state index is 0.0570. The van der Waals surface area contributed by atoms with Crippen molar-refractivity contribution >= 4 is 0 Å². The average Bonchev–Trinajstić information content (AvgIpc) is 2.15. The van der Waals surface area contributed by atoms with E-state index in [-0.39, 0.29) is 5.54 Å². The molecule has 15 heavy (non-hydrogen) atoms. The quantitative estimate of drug-likeness (QED) is 0.760. The van der Waals surface area contributed by atoms with Crippen LogP contribution in [0.25, 0.3) is 0 Å². The van der Waals surface area contributed by atoms with Crippen molar-refractivity contribution in [2.45, 2.75) is 45.7 Å². The minimum atomic E-state index is -0.0570. The van der Waals surface area contributed by atoms with Gasteiger partial charge in [-0.05, 0) is 27.2 Å². The predicted octanol–water partition coefficient (Wildman–Crippen LogP) is 1.14. The molecule has 3 nitrogen and oxygen atoms in total. The Morgan fingerprint density at radius 2 is 1.73 bits per heavy atom. The molecule has 1 atom stereocenters. The molecular weight excluding hydrogens is 186 g/mol. The van der Waals surface area contributed by atoms with Crippen LogP contribution < -0.4 is 5.73 Å². The molecule has 1 saturated heterocycles.